The zero-order chi connectivity index (χ0) is 17.9. The molecule has 6 nitrogen and oxygen atoms in total. The molecule has 0 fully saturated rings. The Morgan fingerprint density at radius 2 is 1.96 bits per heavy atom. The summed E-state index contributed by atoms with van der Waals surface area (Å²) in [4.78, 5) is 16.3. The number of halogens is 1. The van der Waals surface area contributed by atoms with Gasteiger partial charge in [0.15, 0.2) is 0 Å². The van der Waals surface area contributed by atoms with E-state index in [1.165, 1.54) is 6.07 Å². The van der Waals surface area contributed by atoms with Crippen molar-refractivity contribution in [3.8, 4) is 0 Å². The number of fused-ring (bicyclic) bond motifs is 1. The first-order valence-corrected chi connectivity index (χ1v) is 9.50. The molecule has 3 rings (SSSR count). The summed E-state index contributed by atoms with van der Waals surface area (Å²) in [5, 5.41) is 3.40. The summed E-state index contributed by atoms with van der Waals surface area (Å²) in [7, 11) is -3.55. The van der Waals surface area contributed by atoms with Crippen LogP contribution in [0, 0.1) is 0 Å². The quantitative estimate of drug-likeness (QED) is 0.836. The molecular formula is C17H16ClN3O3S. The van der Waals surface area contributed by atoms with Gasteiger partial charge in [-0.15, -0.1) is 0 Å². The van der Waals surface area contributed by atoms with Gasteiger partial charge in [-0.1, -0.05) is 35.9 Å². The van der Waals surface area contributed by atoms with Crippen molar-refractivity contribution in [1.29, 1.82) is 0 Å². The van der Waals surface area contributed by atoms with Crippen LogP contribution in [-0.4, -0.2) is 26.7 Å². The van der Waals surface area contributed by atoms with Gasteiger partial charge in [-0.05, 0) is 29.8 Å². The van der Waals surface area contributed by atoms with E-state index in [1.807, 2.05) is 12.1 Å². The molecule has 0 saturated carbocycles. The Hall–Kier alpha value is -2.38. The molecular weight excluding hydrogens is 362 g/mol. The standard InChI is InChI=1S/C17H16ClN3O3S/c18-13-5-3-4-12(10-13)11-20-16(22)8-9-19-17-14-6-1-2-7-15(14)25(23,24)21-17/h1-7,10H,8-9,11H2,(H,19,21)(H,20,22). The molecule has 25 heavy (non-hydrogen) atoms. The first-order valence-electron chi connectivity index (χ1n) is 7.63. The summed E-state index contributed by atoms with van der Waals surface area (Å²) in [6.07, 6.45) is 0.161. The molecule has 2 aromatic carbocycles. The summed E-state index contributed by atoms with van der Waals surface area (Å²) in [5.74, 6) is 0.108. The maximum atomic E-state index is 12.0. The van der Waals surface area contributed by atoms with Crippen molar-refractivity contribution in [2.24, 2.45) is 4.99 Å². The van der Waals surface area contributed by atoms with Crippen LogP contribution in [-0.2, 0) is 21.4 Å². The molecule has 1 heterocycles. The largest absolute Gasteiger partial charge is 0.352 e. The first-order chi connectivity index (χ1) is 12.0. The predicted octanol–water partition coefficient (Wildman–Crippen LogP) is 2.08. The maximum Gasteiger partial charge on any atom is 0.263 e. The van der Waals surface area contributed by atoms with Gasteiger partial charge < -0.3 is 5.32 Å². The van der Waals surface area contributed by atoms with Crippen LogP contribution in [0.5, 0.6) is 0 Å². The number of nitrogens with zero attached hydrogens (tertiary/aromatic N) is 1. The summed E-state index contributed by atoms with van der Waals surface area (Å²) >= 11 is 5.89. The monoisotopic (exact) mass is 377 g/mol. The number of nitrogens with one attached hydrogen (secondary N) is 2. The molecule has 2 N–H and O–H groups in total. The minimum Gasteiger partial charge on any atom is -0.352 e. The van der Waals surface area contributed by atoms with Crippen LogP contribution in [0.1, 0.15) is 17.5 Å². The van der Waals surface area contributed by atoms with Gasteiger partial charge in [0, 0.05) is 23.6 Å². The van der Waals surface area contributed by atoms with Gasteiger partial charge in [0.25, 0.3) is 10.0 Å². The van der Waals surface area contributed by atoms with Crippen LogP contribution in [0.25, 0.3) is 0 Å². The fourth-order valence-electron chi connectivity index (χ4n) is 2.46. The van der Waals surface area contributed by atoms with Crippen molar-refractivity contribution in [2.45, 2.75) is 17.9 Å². The average Bonchev–Trinajstić information content (AvgIpc) is 2.84. The van der Waals surface area contributed by atoms with Crippen LogP contribution < -0.4 is 10.0 Å². The normalized spacial score (nSPS) is 16.3. The number of carbonyl (C=O) groups is 1. The maximum absolute atomic E-state index is 12.0. The summed E-state index contributed by atoms with van der Waals surface area (Å²) < 4.78 is 26.3. The molecule has 0 aromatic heterocycles. The predicted molar refractivity (Wildman–Crippen MR) is 96.1 cm³/mol. The Kier molecular flexibility index (Phi) is 5.06. The average molecular weight is 378 g/mol. The van der Waals surface area contributed by atoms with Gasteiger partial charge in [0.1, 0.15) is 5.84 Å². The molecule has 2 aromatic rings. The van der Waals surface area contributed by atoms with Crippen LogP contribution in [0.3, 0.4) is 0 Å². The van der Waals surface area contributed by atoms with Crippen LogP contribution >= 0.6 is 11.6 Å². The van der Waals surface area contributed by atoms with Crippen LogP contribution in [0.4, 0.5) is 0 Å². The SMILES string of the molecule is O=C(CCN=C1NS(=O)(=O)c2ccccc21)NCc1cccc(Cl)c1. The molecule has 0 radical (unpaired) electrons. The molecule has 1 aliphatic heterocycles. The van der Waals surface area contributed by atoms with E-state index >= 15 is 0 Å². The van der Waals surface area contributed by atoms with Crippen molar-refractivity contribution in [2.75, 3.05) is 6.54 Å². The third-order valence-corrected chi connectivity index (χ3v) is 5.28. The lowest BCUT2D eigenvalue weighted by molar-refractivity contribution is -0.121. The van der Waals surface area contributed by atoms with Gasteiger partial charge in [-0.3, -0.25) is 14.5 Å². The lowest BCUT2D eigenvalue weighted by Gasteiger charge is -2.05. The molecule has 130 valence electrons. The molecule has 1 aliphatic rings. The molecule has 8 heteroatoms. The number of rotatable bonds is 5. The second-order valence-corrected chi connectivity index (χ2v) is 7.58. The van der Waals surface area contributed by atoms with E-state index in [1.54, 1.807) is 30.3 Å². The number of amidine groups is 1. The molecule has 0 atom stereocenters. The summed E-state index contributed by atoms with van der Waals surface area (Å²) in [6, 6.07) is 13.9. The van der Waals surface area contributed by atoms with E-state index in [-0.39, 0.29) is 29.6 Å². The number of benzene rings is 2. The van der Waals surface area contributed by atoms with Crippen molar-refractivity contribution in [1.82, 2.24) is 10.0 Å². The van der Waals surface area contributed by atoms with Crippen molar-refractivity contribution >= 4 is 33.4 Å². The van der Waals surface area contributed by atoms with Crippen LogP contribution in [0.2, 0.25) is 5.02 Å². The van der Waals surface area contributed by atoms with E-state index in [2.05, 4.69) is 15.0 Å². The first kappa shape index (κ1) is 17.4. The molecule has 0 saturated heterocycles. The van der Waals surface area contributed by atoms with Gasteiger partial charge >= 0.3 is 0 Å². The molecule has 0 spiro atoms. The number of hydrogen-bond donors (Lipinski definition) is 2. The zero-order valence-electron chi connectivity index (χ0n) is 13.2. The van der Waals surface area contributed by atoms with Gasteiger partial charge in [0.05, 0.1) is 11.4 Å². The van der Waals surface area contributed by atoms with Gasteiger partial charge in [-0.25, -0.2) is 8.42 Å². The Balaban J connectivity index is 1.56. The molecule has 0 aliphatic carbocycles. The lowest BCUT2D eigenvalue weighted by Crippen LogP contribution is -2.25. The third kappa shape index (κ3) is 4.18. The zero-order valence-corrected chi connectivity index (χ0v) is 14.8. The summed E-state index contributed by atoms with van der Waals surface area (Å²) in [6.45, 7) is 0.568. The van der Waals surface area contributed by atoms with Crippen molar-refractivity contribution in [3.05, 3.63) is 64.7 Å². The van der Waals surface area contributed by atoms with E-state index in [4.69, 9.17) is 11.6 Å². The van der Waals surface area contributed by atoms with Crippen molar-refractivity contribution < 1.29 is 13.2 Å². The number of amides is 1. The highest BCUT2D eigenvalue weighted by atomic mass is 35.5. The Bertz CT molecular complexity index is 942. The Labute approximate surface area is 151 Å². The minimum absolute atomic E-state index is 0.161. The summed E-state index contributed by atoms with van der Waals surface area (Å²) in [5.41, 5.74) is 1.44. The van der Waals surface area contributed by atoms with E-state index in [0.29, 0.717) is 17.1 Å². The van der Waals surface area contributed by atoms with E-state index in [9.17, 15) is 13.2 Å². The fourth-order valence-corrected chi connectivity index (χ4v) is 3.92. The second-order valence-electron chi connectivity index (χ2n) is 5.49. The number of carbonyl (C=O) groups excluding carboxylic acids is 1. The highest BCUT2D eigenvalue weighted by molar-refractivity contribution is 7.90. The molecule has 0 bridgehead atoms. The Morgan fingerprint density at radius 3 is 2.76 bits per heavy atom. The van der Waals surface area contributed by atoms with E-state index in [0.717, 1.165) is 5.56 Å². The molecule has 0 unspecified atom stereocenters. The van der Waals surface area contributed by atoms with E-state index < -0.39 is 10.0 Å². The second kappa shape index (κ2) is 7.25. The lowest BCUT2D eigenvalue weighted by atomic mass is 10.2. The van der Waals surface area contributed by atoms with Gasteiger partial charge in [-0.2, -0.15) is 0 Å². The number of hydrogen-bond acceptors (Lipinski definition) is 4. The van der Waals surface area contributed by atoms with Gasteiger partial charge in [0.2, 0.25) is 5.91 Å². The number of sulfonamides is 1. The topological polar surface area (TPSA) is 87.6 Å². The highest BCUT2D eigenvalue weighted by Crippen LogP contribution is 2.22. The Morgan fingerprint density at radius 1 is 1.16 bits per heavy atom. The van der Waals surface area contributed by atoms with Crippen molar-refractivity contribution in [3.63, 3.8) is 0 Å². The smallest absolute Gasteiger partial charge is 0.263 e. The highest BCUT2D eigenvalue weighted by Gasteiger charge is 2.29. The molecule has 1 amide bonds. The number of aliphatic imine (C=N–C) groups is 1. The third-order valence-electron chi connectivity index (χ3n) is 3.65. The minimum atomic E-state index is -3.55. The fraction of sp³-hybridized carbons (Fsp3) is 0.176. The van der Waals surface area contributed by atoms with Crippen LogP contribution in [0.15, 0.2) is 58.4 Å².